The number of hydrogen-bond acceptors (Lipinski definition) is 6. The van der Waals surface area contributed by atoms with E-state index >= 15 is 0 Å². The zero-order valence-electron chi connectivity index (χ0n) is 11.5. The molecule has 1 heterocycles. The predicted octanol–water partition coefficient (Wildman–Crippen LogP) is 3.17. The summed E-state index contributed by atoms with van der Waals surface area (Å²) < 4.78 is 0.827. The third-order valence-corrected chi connectivity index (χ3v) is 4.85. The monoisotopic (exact) mass is 307 g/mol. The Morgan fingerprint density at radius 1 is 1.38 bits per heavy atom. The molecule has 7 heteroatoms. The number of aliphatic hydroxyl groups is 1. The normalized spacial score (nSPS) is 22.3. The smallest absolute Gasteiger partial charge is 0.319 e. The minimum absolute atomic E-state index is 0.0598. The van der Waals surface area contributed by atoms with E-state index in [1.807, 2.05) is 6.07 Å². The van der Waals surface area contributed by atoms with E-state index in [-0.39, 0.29) is 16.7 Å². The fourth-order valence-corrected chi connectivity index (χ4v) is 3.53. The molecule has 1 aromatic heterocycles. The van der Waals surface area contributed by atoms with Crippen molar-refractivity contribution >= 4 is 32.9 Å². The van der Waals surface area contributed by atoms with Crippen LogP contribution >= 0.6 is 11.3 Å². The molecule has 0 amide bonds. The molecule has 0 bridgehead atoms. The predicted molar refractivity (Wildman–Crippen MR) is 82.7 cm³/mol. The van der Waals surface area contributed by atoms with Crippen molar-refractivity contribution in [2.24, 2.45) is 5.92 Å². The van der Waals surface area contributed by atoms with Crippen molar-refractivity contribution < 1.29 is 10.0 Å². The van der Waals surface area contributed by atoms with Crippen LogP contribution in [0.4, 0.5) is 11.4 Å². The summed E-state index contributed by atoms with van der Waals surface area (Å²) in [5.74, 6) is 0.458. The Kier molecular flexibility index (Phi) is 4.03. The molecule has 1 fully saturated rings. The van der Waals surface area contributed by atoms with Crippen LogP contribution in [-0.4, -0.2) is 27.7 Å². The van der Waals surface area contributed by atoms with Gasteiger partial charge in [-0.1, -0.05) is 0 Å². The molecular formula is C14H17N3O3S. The minimum atomic E-state index is -0.366. The second-order valence-electron chi connectivity index (χ2n) is 5.47. The average Bonchev–Trinajstić information content (AvgIpc) is 2.94. The van der Waals surface area contributed by atoms with E-state index in [1.165, 1.54) is 11.3 Å². The topological polar surface area (TPSA) is 88.3 Å². The molecule has 6 nitrogen and oxygen atoms in total. The number of fused-ring (bicyclic) bond motifs is 1. The first kappa shape index (κ1) is 14.2. The van der Waals surface area contributed by atoms with Crippen LogP contribution in [0.3, 0.4) is 0 Å². The van der Waals surface area contributed by atoms with Gasteiger partial charge in [-0.05, 0) is 43.7 Å². The third kappa shape index (κ3) is 2.98. The number of nitro benzene ring substituents is 1. The van der Waals surface area contributed by atoms with Crippen molar-refractivity contribution in [2.45, 2.75) is 31.8 Å². The van der Waals surface area contributed by atoms with Crippen molar-refractivity contribution in [3.8, 4) is 0 Å². The molecule has 0 atom stereocenters. The van der Waals surface area contributed by atoms with Gasteiger partial charge in [-0.25, -0.2) is 4.98 Å². The van der Waals surface area contributed by atoms with Crippen LogP contribution in [0.1, 0.15) is 25.7 Å². The summed E-state index contributed by atoms with van der Waals surface area (Å²) in [6, 6.07) is 3.63. The Hall–Kier alpha value is -1.73. The summed E-state index contributed by atoms with van der Waals surface area (Å²) in [7, 11) is 0. The van der Waals surface area contributed by atoms with Gasteiger partial charge in [0, 0.05) is 6.54 Å². The molecule has 1 saturated carbocycles. The number of thiazole rings is 1. The fourth-order valence-electron chi connectivity index (χ4n) is 2.85. The number of aliphatic hydroxyl groups excluding tert-OH is 1. The maximum absolute atomic E-state index is 11.3. The number of hydrogen-bond donors (Lipinski definition) is 2. The van der Waals surface area contributed by atoms with E-state index < -0.39 is 0 Å². The Bertz CT molecular complexity index is 650. The zero-order valence-corrected chi connectivity index (χ0v) is 12.3. The highest BCUT2D eigenvalue weighted by molar-refractivity contribution is 7.16. The molecule has 2 N–H and O–H groups in total. The van der Waals surface area contributed by atoms with Crippen LogP contribution in [0.2, 0.25) is 0 Å². The summed E-state index contributed by atoms with van der Waals surface area (Å²) in [5, 5.41) is 24.0. The van der Waals surface area contributed by atoms with E-state index in [0.717, 1.165) is 30.4 Å². The first-order valence-electron chi connectivity index (χ1n) is 7.07. The molecule has 1 aliphatic rings. The lowest BCUT2D eigenvalue weighted by atomic mass is 9.87. The van der Waals surface area contributed by atoms with Crippen LogP contribution in [0.25, 0.3) is 10.2 Å². The third-order valence-electron chi connectivity index (χ3n) is 4.06. The van der Waals surface area contributed by atoms with Gasteiger partial charge < -0.3 is 10.4 Å². The molecule has 0 unspecified atom stereocenters. The molecule has 21 heavy (non-hydrogen) atoms. The second-order valence-corrected chi connectivity index (χ2v) is 6.36. The van der Waals surface area contributed by atoms with E-state index in [4.69, 9.17) is 0 Å². The summed E-state index contributed by atoms with van der Waals surface area (Å²) in [6.07, 6.45) is 3.38. The second kappa shape index (κ2) is 5.95. The van der Waals surface area contributed by atoms with Gasteiger partial charge >= 0.3 is 5.69 Å². The number of aromatic nitrogens is 1. The van der Waals surface area contributed by atoms with E-state index in [2.05, 4.69) is 10.3 Å². The van der Waals surface area contributed by atoms with Crippen molar-refractivity contribution in [3.05, 3.63) is 27.8 Å². The van der Waals surface area contributed by atoms with Gasteiger partial charge in [-0.2, -0.15) is 0 Å². The highest BCUT2D eigenvalue weighted by atomic mass is 32.1. The van der Waals surface area contributed by atoms with Gasteiger partial charge in [0.25, 0.3) is 0 Å². The summed E-state index contributed by atoms with van der Waals surface area (Å²) in [4.78, 5) is 15.1. The minimum Gasteiger partial charge on any atom is -0.393 e. The highest BCUT2D eigenvalue weighted by Gasteiger charge is 2.23. The molecule has 112 valence electrons. The molecule has 1 aromatic carbocycles. The van der Waals surface area contributed by atoms with Gasteiger partial charge in [-0.15, -0.1) is 11.3 Å². The van der Waals surface area contributed by atoms with E-state index in [9.17, 15) is 15.2 Å². The highest BCUT2D eigenvalue weighted by Crippen LogP contribution is 2.35. The standard InChI is InChI=1S/C14H17N3O3S/c18-10-3-1-9(2-4-10)7-15-11-5-6-12-13(16-8-21-12)14(11)17(19)20/h5-6,8-10,15,18H,1-4,7H2. The van der Waals surface area contributed by atoms with Crippen LogP contribution < -0.4 is 5.32 Å². The van der Waals surface area contributed by atoms with Crippen LogP contribution in [0.15, 0.2) is 17.6 Å². The molecular weight excluding hydrogens is 290 g/mol. The van der Waals surface area contributed by atoms with Crippen molar-refractivity contribution in [1.82, 2.24) is 4.98 Å². The molecule has 0 spiro atoms. The summed E-state index contributed by atoms with van der Waals surface area (Å²) in [6.45, 7) is 0.698. The largest absolute Gasteiger partial charge is 0.393 e. The maximum atomic E-state index is 11.3. The van der Waals surface area contributed by atoms with Crippen LogP contribution in [-0.2, 0) is 0 Å². The van der Waals surface area contributed by atoms with Crippen molar-refractivity contribution in [3.63, 3.8) is 0 Å². The van der Waals surface area contributed by atoms with Crippen LogP contribution in [0, 0.1) is 16.0 Å². The number of rotatable bonds is 4. The van der Waals surface area contributed by atoms with Gasteiger partial charge in [0.05, 0.1) is 21.2 Å². The van der Waals surface area contributed by atoms with E-state index in [0.29, 0.717) is 23.7 Å². The Morgan fingerprint density at radius 2 is 2.14 bits per heavy atom. The Labute approximate surface area is 126 Å². The Balaban J connectivity index is 1.77. The van der Waals surface area contributed by atoms with Crippen molar-refractivity contribution in [2.75, 3.05) is 11.9 Å². The van der Waals surface area contributed by atoms with Crippen LogP contribution in [0.5, 0.6) is 0 Å². The molecule has 3 rings (SSSR count). The molecule has 0 radical (unpaired) electrons. The molecule has 0 saturated heterocycles. The summed E-state index contributed by atoms with van der Waals surface area (Å²) >= 11 is 1.40. The van der Waals surface area contributed by atoms with Gasteiger partial charge in [-0.3, -0.25) is 10.1 Å². The first-order chi connectivity index (χ1) is 10.1. The number of nitrogens with zero attached hydrogens (tertiary/aromatic N) is 2. The van der Waals surface area contributed by atoms with Gasteiger partial charge in [0.2, 0.25) is 0 Å². The SMILES string of the molecule is O=[N+]([O-])c1c(NCC2CCC(O)CC2)ccc2scnc12. The number of anilines is 1. The molecule has 2 aromatic rings. The Morgan fingerprint density at radius 3 is 2.86 bits per heavy atom. The number of nitrogens with one attached hydrogen (secondary N) is 1. The van der Waals surface area contributed by atoms with Gasteiger partial charge in [0.15, 0.2) is 5.52 Å². The van der Waals surface area contributed by atoms with Gasteiger partial charge in [0.1, 0.15) is 5.69 Å². The lowest BCUT2D eigenvalue weighted by Crippen LogP contribution is -2.23. The zero-order chi connectivity index (χ0) is 14.8. The number of nitro groups is 1. The lowest BCUT2D eigenvalue weighted by molar-refractivity contribution is -0.382. The maximum Gasteiger partial charge on any atom is 0.319 e. The fraction of sp³-hybridized carbons (Fsp3) is 0.500. The lowest BCUT2D eigenvalue weighted by Gasteiger charge is -2.25. The number of benzene rings is 1. The molecule has 0 aliphatic heterocycles. The summed E-state index contributed by atoms with van der Waals surface area (Å²) in [5.41, 5.74) is 2.67. The van der Waals surface area contributed by atoms with Crippen molar-refractivity contribution in [1.29, 1.82) is 0 Å². The first-order valence-corrected chi connectivity index (χ1v) is 7.95. The molecule has 1 aliphatic carbocycles. The average molecular weight is 307 g/mol. The quantitative estimate of drug-likeness (QED) is 0.669. The van der Waals surface area contributed by atoms with E-state index in [1.54, 1.807) is 11.6 Å².